The third kappa shape index (κ3) is 4.29. The Morgan fingerprint density at radius 1 is 1.25 bits per heavy atom. The lowest BCUT2D eigenvalue weighted by Gasteiger charge is -2.29. The molecule has 1 aromatic carbocycles. The first-order chi connectivity index (χ1) is 13.4. The van der Waals surface area contributed by atoms with Gasteiger partial charge in [-0.2, -0.15) is 0 Å². The molecule has 10 heteroatoms. The predicted octanol–water partition coefficient (Wildman–Crippen LogP) is 2.50. The molecule has 1 aliphatic heterocycles. The highest BCUT2D eigenvalue weighted by Crippen LogP contribution is 2.46. The molecule has 2 aromatic rings. The van der Waals surface area contributed by atoms with Crippen LogP contribution in [0.5, 0.6) is 11.5 Å². The maximum Gasteiger partial charge on any atom is 0.247 e. The van der Waals surface area contributed by atoms with Crippen LogP contribution in [-0.2, 0) is 10.0 Å². The predicted molar refractivity (Wildman–Crippen MR) is 113 cm³/mol. The number of primary sulfonamides is 1. The lowest BCUT2D eigenvalue weighted by Crippen LogP contribution is -2.27. The van der Waals surface area contributed by atoms with Gasteiger partial charge in [0.1, 0.15) is 4.21 Å². The number of rotatable bonds is 7. The van der Waals surface area contributed by atoms with Gasteiger partial charge in [0.15, 0.2) is 11.5 Å². The lowest BCUT2D eigenvalue weighted by atomic mass is 10.2. The van der Waals surface area contributed by atoms with Crippen LogP contribution in [0.4, 0.5) is 5.69 Å². The largest absolute Gasteiger partial charge is 0.493 e. The summed E-state index contributed by atoms with van der Waals surface area (Å²) >= 11 is 2.57. The van der Waals surface area contributed by atoms with Crippen LogP contribution in [0, 0.1) is 12.3 Å². The summed E-state index contributed by atoms with van der Waals surface area (Å²) in [4.78, 5) is 0. The highest BCUT2D eigenvalue weighted by atomic mass is 32.3. The van der Waals surface area contributed by atoms with E-state index in [1.165, 1.54) is 11.9 Å². The van der Waals surface area contributed by atoms with Gasteiger partial charge in [-0.05, 0) is 24.3 Å². The number of terminal acetylenes is 1. The number of hydrogen-bond acceptors (Lipinski definition) is 8. The van der Waals surface area contributed by atoms with Crippen LogP contribution in [0.1, 0.15) is 5.56 Å². The van der Waals surface area contributed by atoms with E-state index in [-0.39, 0.29) is 4.21 Å². The monoisotopic (exact) mass is 437 g/mol. The summed E-state index contributed by atoms with van der Waals surface area (Å²) in [5.41, 5.74) is 2.58. The highest BCUT2D eigenvalue weighted by molar-refractivity contribution is 8.03. The molecule has 0 amide bonds. The van der Waals surface area contributed by atoms with E-state index in [1.807, 2.05) is 28.6 Å². The Balaban J connectivity index is 2.02. The summed E-state index contributed by atoms with van der Waals surface area (Å²) in [6.07, 6.45) is 7.26. The van der Waals surface area contributed by atoms with Gasteiger partial charge in [-0.3, -0.25) is 4.31 Å². The second-order valence-electron chi connectivity index (χ2n) is 5.72. The van der Waals surface area contributed by atoms with Crippen LogP contribution in [0.25, 0.3) is 6.08 Å². The van der Waals surface area contributed by atoms with E-state index in [0.29, 0.717) is 24.6 Å². The molecule has 2 heterocycles. The van der Waals surface area contributed by atoms with E-state index in [0.717, 1.165) is 32.5 Å². The van der Waals surface area contributed by atoms with Crippen molar-refractivity contribution in [2.75, 3.05) is 31.6 Å². The molecule has 3 rings (SSSR count). The first kappa shape index (κ1) is 20.6. The summed E-state index contributed by atoms with van der Waals surface area (Å²) in [5, 5.41) is 8.46. The van der Waals surface area contributed by atoms with Crippen molar-refractivity contribution in [3.05, 3.63) is 35.5 Å². The topological polar surface area (TPSA) is 93.9 Å². The normalized spacial score (nSPS) is 13.5. The second-order valence-corrected chi connectivity index (χ2v) is 9.78. The fraction of sp³-hybridized carbons (Fsp3) is 0.222. The van der Waals surface area contributed by atoms with Gasteiger partial charge in [0.2, 0.25) is 10.0 Å². The molecule has 0 saturated heterocycles. The van der Waals surface area contributed by atoms with Gasteiger partial charge >= 0.3 is 0 Å². The van der Waals surface area contributed by atoms with Crippen LogP contribution >= 0.6 is 23.3 Å². The molecule has 0 spiro atoms. The van der Waals surface area contributed by atoms with Crippen LogP contribution in [0.2, 0.25) is 0 Å². The zero-order chi connectivity index (χ0) is 20.3. The van der Waals surface area contributed by atoms with E-state index in [9.17, 15) is 8.42 Å². The van der Waals surface area contributed by atoms with Crippen molar-refractivity contribution in [3.63, 3.8) is 0 Å². The van der Waals surface area contributed by atoms with E-state index >= 15 is 0 Å². The highest BCUT2D eigenvalue weighted by Gasteiger charge is 2.26. The SMILES string of the molecule is C#CCNCC1=Cc2cc(S(N)(=O)=O)sc2SN1c1ccc(OC)c(OC)c1. The van der Waals surface area contributed by atoms with Crippen LogP contribution in [0.15, 0.2) is 38.4 Å². The average molecular weight is 438 g/mol. The molecule has 0 unspecified atom stereocenters. The fourth-order valence-electron chi connectivity index (χ4n) is 2.61. The van der Waals surface area contributed by atoms with Crippen molar-refractivity contribution < 1.29 is 17.9 Å². The number of nitrogens with two attached hydrogens (primary N) is 1. The summed E-state index contributed by atoms with van der Waals surface area (Å²) in [6, 6.07) is 7.18. The molecule has 0 saturated carbocycles. The lowest BCUT2D eigenvalue weighted by molar-refractivity contribution is 0.355. The van der Waals surface area contributed by atoms with E-state index in [4.69, 9.17) is 21.0 Å². The zero-order valence-corrected chi connectivity index (χ0v) is 17.7. The van der Waals surface area contributed by atoms with Gasteiger partial charge in [-0.15, -0.1) is 17.8 Å². The molecule has 1 aromatic heterocycles. The molecule has 0 atom stereocenters. The van der Waals surface area contributed by atoms with Crippen molar-refractivity contribution in [1.82, 2.24) is 5.32 Å². The first-order valence-electron chi connectivity index (χ1n) is 8.09. The van der Waals surface area contributed by atoms with Gasteiger partial charge in [0.25, 0.3) is 0 Å². The smallest absolute Gasteiger partial charge is 0.247 e. The molecular formula is C18H19N3O4S3. The Morgan fingerprint density at radius 3 is 2.64 bits per heavy atom. The molecule has 0 bridgehead atoms. The van der Waals surface area contributed by atoms with Crippen LogP contribution in [-0.4, -0.2) is 35.7 Å². The molecule has 0 radical (unpaired) electrons. The van der Waals surface area contributed by atoms with Crippen molar-refractivity contribution >= 4 is 45.1 Å². The second kappa shape index (κ2) is 8.46. The Kier molecular flexibility index (Phi) is 6.22. The number of methoxy groups -OCH3 is 2. The molecule has 28 heavy (non-hydrogen) atoms. The van der Waals surface area contributed by atoms with Crippen molar-refractivity contribution in [3.8, 4) is 23.8 Å². The summed E-state index contributed by atoms with van der Waals surface area (Å²) in [7, 11) is -0.605. The van der Waals surface area contributed by atoms with Gasteiger partial charge < -0.3 is 14.8 Å². The molecular weight excluding hydrogens is 418 g/mol. The third-order valence-electron chi connectivity index (χ3n) is 3.87. The third-order valence-corrected chi connectivity index (χ3v) is 7.74. The number of fused-ring (bicyclic) bond motifs is 1. The molecule has 0 fully saturated rings. The molecule has 1 aliphatic rings. The maximum absolute atomic E-state index is 11.7. The Hall–Kier alpha value is -2.16. The van der Waals surface area contributed by atoms with Crippen molar-refractivity contribution in [2.45, 2.75) is 8.42 Å². The maximum atomic E-state index is 11.7. The number of anilines is 1. The minimum atomic E-state index is -3.76. The fourth-order valence-corrected chi connectivity index (χ4v) is 5.87. The average Bonchev–Trinajstić information content (AvgIpc) is 3.10. The number of sulfonamides is 1. The zero-order valence-electron chi connectivity index (χ0n) is 15.3. The minimum absolute atomic E-state index is 0.131. The minimum Gasteiger partial charge on any atom is -0.493 e. The Morgan fingerprint density at radius 2 is 2.00 bits per heavy atom. The van der Waals surface area contributed by atoms with Crippen LogP contribution in [0.3, 0.4) is 0 Å². The number of ether oxygens (including phenoxy) is 2. The quantitative estimate of drug-likeness (QED) is 0.390. The summed E-state index contributed by atoms with van der Waals surface area (Å²) in [5.74, 6) is 3.76. The van der Waals surface area contributed by atoms with Gasteiger partial charge in [0.05, 0.1) is 30.7 Å². The number of nitrogens with zero attached hydrogens (tertiary/aromatic N) is 1. The number of nitrogens with one attached hydrogen (secondary N) is 1. The van der Waals surface area contributed by atoms with Crippen LogP contribution < -0.4 is 24.2 Å². The van der Waals surface area contributed by atoms with Gasteiger partial charge in [-0.1, -0.05) is 5.92 Å². The van der Waals surface area contributed by atoms with Gasteiger partial charge in [-0.25, -0.2) is 13.6 Å². The number of benzene rings is 1. The number of hydrogen-bond donors (Lipinski definition) is 2. The standard InChI is InChI=1S/C18H19N3O4S3/c1-4-7-20-11-14-8-12-9-17(28(19,22)23)26-18(12)27-21(14)13-5-6-15(24-2)16(10-13)25-3/h1,5-6,8-10,20H,7,11H2,2-3H3,(H2,19,22,23). The van der Waals surface area contributed by atoms with Crippen molar-refractivity contribution in [1.29, 1.82) is 0 Å². The molecule has 7 nitrogen and oxygen atoms in total. The van der Waals surface area contributed by atoms with E-state index in [1.54, 1.807) is 20.3 Å². The van der Waals surface area contributed by atoms with E-state index < -0.39 is 10.0 Å². The van der Waals surface area contributed by atoms with Crippen molar-refractivity contribution in [2.24, 2.45) is 5.14 Å². The Bertz CT molecular complexity index is 1050. The summed E-state index contributed by atoms with van der Waals surface area (Å²) in [6.45, 7) is 0.923. The molecule has 148 valence electrons. The number of thiophene rings is 1. The molecule has 3 N–H and O–H groups in total. The van der Waals surface area contributed by atoms with Gasteiger partial charge in [0, 0.05) is 35.8 Å². The first-order valence-corrected chi connectivity index (χ1v) is 11.2. The Labute approximate surface area is 172 Å². The van der Waals surface area contributed by atoms with E-state index in [2.05, 4.69) is 11.2 Å². The summed E-state index contributed by atoms with van der Waals surface area (Å²) < 4.78 is 37.1. The molecule has 0 aliphatic carbocycles.